The van der Waals surface area contributed by atoms with E-state index in [-0.39, 0.29) is 22.3 Å². The average molecular weight is 316 g/mol. The van der Waals surface area contributed by atoms with Gasteiger partial charge in [-0.05, 0) is 12.3 Å². The van der Waals surface area contributed by atoms with Crippen LogP contribution in [0, 0.1) is 5.41 Å². The predicted molar refractivity (Wildman–Crippen MR) is 81.3 cm³/mol. The van der Waals surface area contributed by atoms with E-state index in [1.54, 1.807) is 18.6 Å². The molecule has 2 aromatic heterocycles. The molecule has 0 aliphatic carbocycles. The minimum atomic E-state index is -3.69. The molecule has 0 bridgehead atoms. The fraction of sp³-hybridized carbons (Fsp3) is 0.583. The van der Waals surface area contributed by atoms with Crippen molar-refractivity contribution in [3.63, 3.8) is 0 Å². The first-order chi connectivity index (χ1) is 9.06. The van der Waals surface area contributed by atoms with Gasteiger partial charge < -0.3 is 5.73 Å². The third-order valence-corrected chi connectivity index (χ3v) is 6.39. The molecule has 6 nitrogen and oxygen atoms in total. The van der Waals surface area contributed by atoms with Crippen LogP contribution in [0.4, 0.5) is 5.82 Å². The van der Waals surface area contributed by atoms with Crippen LogP contribution in [0.15, 0.2) is 16.6 Å². The second-order valence-corrected chi connectivity index (χ2v) is 8.71. The van der Waals surface area contributed by atoms with Crippen LogP contribution in [0.25, 0.3) is 4.96 Å². The zero-order chi connectivity index (χ0) is 15.3. The van der Waals surface area contributed by atoms with Gasteiger partial charge in [0.05, 0.1) is 0 Å². The first-order valence-electron chi connectivity index (χ1n) is 6.26. The van der Waals surface area contributed by atoms with Crippen LogP contribution in [0.5, 0.6) is 0 Å². The highest BCUT2D eigenvalue weighted by molar-refractivity contribution is 7.89. The molecule has 2 rings (SSSR count). The summed E-state index contributed by atoms with van der Waals surface area (Å²) in [7, 11) is -2.11. The van der Waals surface area contributed by atoms with Crippen LogP contribution in [-0.4, -0.2) is 35.2 Å². The number of rotatable bonds is 3. The van der Waals surface area contributed by atoms with Crippen LogP contribution in [-0.2, 0) is 10.0 Å². The SMILES string of the molecule is CC(N(C)S(=O)(=O)c1c(N)nc2sccn12)C(C)(C)C. The molecule has 112 valence electrons. The van der Waals surface area contributed by atoms with Crippen LogP contribution in [0.2, 0.25) is 0 Å². The Morgan fingerprint density at radius 2 is 2.05 bits per heavy atom. The average Bonchev–Trinajstić information content (AvgIpc) is 2.84. The minimum Gasteiger partial charge on any atom is -0.381 e. The van der Waals surface area contributed by atoms with Crippen LogP contribution < -0.4 is 5.73 Å². The Hall–Kier alpha value is -1.12. The Morgan fingerprint density at radius 3 is 2.60 bits per heavy atom. The summed E-state index contributed by atoms with van der Waals surface area (Å²) in [5.41, 5.74) is 5.63. The molecule has 2 heterocycles. The van der Waals surface area contributed by atoms with Crippen molar-refractivity contribution in [1.82, 2.24) is 13.7 Å². The second kappa shape index (κ2) is 4.71. The zero-order valence-corrected chi connectivity index (χ0v) is 13.9. The summed E-state index contributed by atoms with van der Waals surface area (Å²) in [5, 5.41) is 1.83. The van der Waals surface area contributed by atoms with Gasteiger partial charge in [0.25, 0.3) is 10.0 Å². The molecule has 8 heteroatoms. The molecule has 0 fully saturated rings. The van der Waals surface area contributed by atoms with Gasteiger partial charge >= 0.3 is 0 Å². The van der Waals surface area contributed by atoms with E-state index in [0.717, 1.165) is 0 Å². The molecule has 0 saturated heterocycles. The Labute approximate surface area is 123 Å². The molecule has 1 unspecified atom stereocenters. The van der Waals surface area contributed by atoms with Gasteiger partial charge in [-0.1, -0.05) is 20.8 Å². The summed E-state index contributed by atoms with van der Waals surface area (Å²) in [6, 6.07) is -0.170. The molecule has 0 aromatic carbocycles. The fourth-order valence-corrected chi connectivity index (χ4v) is 4.42. The Morgan fingerprint density at radius 1 is 1.45 bits per heavy atom. The number of aromatic nitrogens is 2. The second-order valence-electron chi connectivity index (χ2n) is 5.92. The number of fused-ring (bicyclic) bond motifs is 1. The lowest BCUT2D eigenvalue weighted by Crippen LogP contribution is -2.43. The summed E-state index contributed by atoms with van der Waals surface area (Å²) in [4.78, 5) is 4.68. The van der Waals surface area contributed by atoms with Crippen molar-refractivity contribution in [3.05, 3.63) is 11.6 Å². The maximum Gasteiger partial charge on any atom is 0.262 e. The Balaban J connectivity index is 2.55. The van der Waals surface area contributed by atoms with Gasteiger partial charge in [-0.25, -0.2) is 13.4 Å². The van der Waals surface area contributed by atoms with E-state index in [0.29, 0.717) is 4.96 Å². The zero-order valence-electron chi connectivity index (χ0n) is 12.3. The van der Waals surface area contributed by atoms with E-state index < -0.39 is 10.0 Å². The molecule has 0 amide bonds. The van der Waals surface area contributed by atoms with Crippen LogP contribution >= 0.6 is 11.3 Å². The molecule has 0 aliphatic heterocycles. The number of sulfonamides is 1. The van der Waals surface area contributed by atoms with Crippen molar-refractivity contribution in [2.75, 3.05) is 12.8 Å². The third kappa shape index (κ3) is 2.32. The summed E-state index contributed by atoms with van der Waals surface area (Å²) in [6.45, 7) is 7.90. The van der Waals surface area contributed by atoms with Gasteiger partial charge in [0.15, 0.2) is 15.8 Å². The normalized spacial score (nSPS) is 15.1. The number of nitrogen functional groups attached to an aromatic ring is 1. The van der Waals surface area contributed by atoms with Crippen LogP contribution in [0.3, 0.4) is 0 Å². The standard InChI is InChI=1S/C12H20N4O2S2/c1-8(12(2,3)4)15(5)20(17,18)10-9(13)14-11-16(10)6-7-19-11/h6-8H,13H2,1-5H3. The van der Waals surface area contributed by atoms with Gasteiger partial charge in [-0.15, -0.1) is 11.3 Å². The minimum absolute atomic E-state index is 0.0461. The van der Waals surface area contributed by atoms with E-state index in [1.165, 1.54) is 20.0 Å². The topological polar surface area (TPSA) is 80.7 Å². The van der Waals surface area contributed by atoms with E-state index in [9.17, 15) is 8.42 Å². The van der Waals surface area contributed by atoms with Crippen molar-refractivity contribution in [1.29, 1.82) is 0 Å². The summed E-state index contributed by atoms with van der Waals surface area (Å²) in [6.07, 6.45) is 1.67. The van der Waals surface area contributed by atoms with Gasteiger partial charge in [0, 0.05) is 24.7 Å². The van der Waals surface area contributed by atoms with Gasteiger partial charge in [0.1, 0.15) is 0 Å². The molecule has 1 atom stereocenters. The number of nitrogens with zero attached hydrogens (tertiary/aromatic N) is 3. The van der Waals surface area contributed by atoms with E-state index >= 15 is 0 Å². The number of thiazole rings is 1. The molecule has 0 aliphatic rings. The maximum atomic E-state index is 12.8. The van der Waals surface area contributed by atoms with Crippen molar-refractivity contribution in [3.8, 4) is 0 Å². The molecule has 2 N–H and O–H groups in total. The lowest BCUT2D eigenvalue weighted by atomic mass is 9.88. The summed E-state index contributed by atoms with van der Waals surface area (Å²) >= 11 is 1.35. The number of hydrogen-bond donors (Lipinski definition) is 1. The highest BCUT2D eigenvalue weighted by Gasteiger charge is 2.36. The lowest BCUT2D eigenvalue weighted by molar-refractivity contribution is 0.216. The number of imidazole rings is 1. The first kappa shape index (κ1) is 15.3. The van der Waals surface area contributed by atoms with Gasteiger partial charge in [0.2, 0.25) is 0 Å². The number of nitrogens with two attached hydrogens (primary N) is 1. The smallest absolute Gasteiger partial charge is 0.262 e. The van der Waals surface area contributed by atoms with E-state index in [1.807, 2.05) is 27.7 Å². The summed E-state index contributed by atoms with van der Waals surface area (Å²) in [5.74, 6) is 0.0461. The van der Waals surface area contributed by atoms with Crippen molar-refractivity contribution >= 4 is 32.1 Å². The molecule has 0 spiro atoms. The van der Waals surface area contributed by atoms with Crippen molar-refractivity contribution < 1.29 is 8.42 Å². The monoisotopic (exact) mass is 316 g/mol. The van der Waals surface area contributed by atoms with E-state index in [2.05, 4.69) is 4.98 Å². The molecule has 2 aromatic rings. The van der Waals surface area contributed by atoms with Crippen molar-refractivity contribution in [2.45, 2.75) is 38.8 Å². The van der Waals surface area contributed by atoms with Crippen LogP contribution in [0.1, 0.15) is 27.7 Å². The van der Waals surface area contributed by atoms with E-state index in [4.69, 9.17) is 5.73 Å². The third-order valence-electron chi connectivity index (χ3n) is 3.67. The van der Waals surface area contributed by atoms with Gasteiger partial charge in [-0.3, -0.25) is 4.40 Å². The fourth-order valence-electron chi connectivity index (χ4n) is 1.93. The molecule has 0 saturated carbocycles. The van der Waals surface area contributed by atoms with Crippen molar-refractivity contribution in [2.24, 2.45) is 5.41 Å². The number of anilines is 1. The summed E-state index contributed by atoms with van der Waals surface area (Å²) < 4.78 is 28.5. The highest BCUT2D eigenvalue weighted by atomic mass is 32.2. The lowest BCUT2D eigenvalue weighted by Gasteiger charge is -2.34. The Kier molecular flexibility index (Phi) is 3.60. The quantitative estimate of drug-likeness (QED) is 0.939. The number of hydrogen-bond acceptors (Lipinski definition) is 5. The molecule has 20 heavy (non-hydrogen) atoms. The van der Waals surface area contributed by atoms with Gasteiger partial charge in [-0.2, -0.15) is 4.31 Å². The first-order valence-corrected chi connectivity index (χ1v) is 8.58. The molecule has 0 radical (unpaired) electrons. The highest BCUT2D eigenvalue weighted by Crippen LogP contribution is 2.31. The molecular weight excluding hydrogens is 296 g/mol. The Bertz CT molecular complexity index is 724. The largest absolute Gasteiger partial charge is 0.381 e. The predicted octanol–water partition coefficient (Wildman–Crippen LogP) is 2.03. The maximum absolute atomic E-state index is 12.8. The molecular formula is C12H20N4O2S2.